The second kappa shape index (κ2) is 9.80. The van der Waals surface area contributed by atoms with Gasteiger partial charge in [0.25, 0.3) is 10.0 Å². The van der Waals surface area contributed by atoms with Crippen LogP contribution in [0.15, 0.2) is 52.3 Å². The average Bonchev–Trinajstić information content (AvgIpc) is 2.69. The molecule has 7 nitrogen and oxygen atoms in total. The van der Waals surface area contributed by atoms with Crippen molar-refractivity contribution < 1.29 is 21.6 Å². The Morgan fingerprint density at radius 1 is 0.933 bits per heavy atom. The summed E-state index contributed by atoms with van der Waals surface area (Å²) in [6.45, 7) is 10.2. The highest BCUT2D eigenvalue weighted by Gasteiger charge is 2.27. The van der Waals surface area contributed by atoms with Crippen molar-refractivity contribution in [3.8, 4) is 5.75 Å². The van der Waals surface area contributed by atoms with Gasteiger partial charge in [-0.1, -0.05) is 39.8 Å². The largest absolute Gasteiger partial charge is 0.492 e. The first kappa shape index (κ1) is 24.2. The quantitative estimate of drug-likeness (QED) is 0.585. The van der Waals surface area contributed by atoms with Crippen LogP contribution in [0.2, 0.25) is 0 Å². The lowest BCUT2D eigenvalue weighted by Crippen LogP contribution is -2.31. The van der Waals surface area contributed by atoms with Gasteiger partial charge in [0.2, 0.25) is 10.0 Å². The van der Waals surface area contributed by atoms with Crippen molar-refractivity contribution >= 4 is 25.7 Å². The minimum absolute atomic E-state index is 0.0663. The smallest absolute Gasteiger partial charge is 0.261 e. The molecule has 0 saturated heterocycles. The van der Waals surface area contributed by atoms with E-state index in [1.165, 1.54) is 22.5 Å². The zero-order valence-corrected chi connectivity index (χ0v) is 19.7. The summed E-state index contributed by atoms with van der Waals surface area (Å²) in [5, 5.41) is 0. The number of hydrogen-bond acceptors (Lipinski definition) is 5. The van der Waals surface area contributed by atoms with Crippen LogP contribution in [0.4, 0.5) is 5.69 Å². The summed E-state index contributed by atoms with van der Waals surface area (Å²) < 4.78 is 61.0. The lowest BCUT2D eigenvalue weighted by molar-refractivity contribution is 0.329. The van der Waals surface area contributed by atoms with Gasteiger partial charge in [-0.05, 0) is 48.7 Å². The van der Waals surface area contributed by atoms with Gasteiger partial charge in [-0.15, -0.1) is 0 Å². The van der Waals surface area contributed by atoms with Crippen LogP contribution < -0.4 is 9.46 Å². The molecule has 0 aliphatic carbocycles. The van der Waals surface area contributed by atoms with E-state index in [1.807, 2.05) is 13.8 Å². The number of anilines is 1. The maximum atomic E-state index is 13.0. The predicted octanol–water partition coefficient (Wildman–Crippen LogP) is 4.04. The molecule has 0 heterocycles. The SMILES string of the molecule is CCOc1ccc(NS(=O)(=O)c2ccc(C(C)C)cc2)cc1S(=O)(=O)N(CC)CC. The fourth-order valence-electron chi connectivity index (χ4n) is 3.00. The predicted molar refractivity (Wildman–Crippen MR) is 119 cm³/mol. The highest BCUT2D eigenvalue weighted by molar-refractivity contribution is 7.92. The average molecular weight is 455 g/mol. The van der Waals surface area contributed by atoms with E-state index in [9.17, 15) is 16.8 Å². The highest BCUT2D eigenvalue weighted by atomic mass is 32.2. The molecule has 0 atom stereocenters. The van der Waals surface area contributed by atoms with Crippen LogP contribution in [0.1, 0.15) is 46.1 Å². The zero-order chi connectivity index (χ0) is 22.5. The number of ether oxygens (including phenoxy) is 1. The molecule has 0 amide bonds. The molecule has 0 bridgehead atoms. The van der Waals surface area contributed by atoms with Crippen LogP contribution in [-0.4, -0.2) is 40.8 Å². The third-order valence-electron chi connectivity index (χ3n) is 4.68. The first-order chi connectivity index (χ1) is 14.1. The van der Waals surface area contributed by atoms with Crippen molar-refractivity contribution in [3.63, 3.8) is 0 Å². The van der Waals surface area contributed by atoms with E-state index in [4.69, 9.17) is 4.74 Å². The Balaban J connectivity index is 2.45. The van der Waals surface area contributed by atoms with Gasteiger partial charge in [-0.2, -0.15) is 4.31 Å². The minimum atomic E-state index is -3.87. The Morgan fingerprint density at radius 2 is 1.53 bits per heavy atom. The molecule has 0 aliphatic rings. The number of nitrogens with zero attached hydrogens (tertiary/aromatic N) is 1. The highest BCUT2D eigenvalue weighted by Crippen LogP contribution is 2.31. The summed E-state index contributed by atoms with van der Waals surface area (Å²) in [6.07, 6.45) is 0. The lowest BCUT2D eigenvalue weighted by Gasteiger charge is -2.21. The van der Waals surface area contributed by atoms with Crippen LogP contribution >= 0.6 is 0 Å². The molecule has 0 saturated carbocycles. The molecule has 166 valence electrons. The molecule has 0 unspecified atom stereocenters. The first-order valence-electron chi connectivity index (χ1n) is 9.96. The number of hydrogen-bond donors (Lipinski definition) is 1. The Labute approximate surface area is 180 Å². The van der Waals surface area contributed by atoms with Crippen molar-refractivity contribution in [2.45, 2.75) is 50.3 Å². The van der Waals surface area contributed by atoms with Crippen molar-refractivity contribution in [3.05, 3.63) is 48.0 Å². The second-order valence-electron chi connectivity index (χ2n) is 7.01. The number of nitrogens with one attached hydrogen (secondary N) is 1. The third-order valence-corrected chi connectivity index (χ3v) is 8.14. The van der Waals surface area contributed by atoms with Crippen molar-refractivity contribution in [2.75, 3.05) is 24.4 Å². The molecule has 9 heteroatoms. The van der Waals surface area contributed by atoms with E-state index in [1.54, 1.807) is 45.0 Å². The van der Waals surface area contributed by atoms with E-state index in [2.05, 4.69) is 4.72 Å². The van der Waals surface area contributed by atoms with Gasteiger partial charge in [0.1, 0.15) is 10.6 Å². The van der Waals surface area contributed by atoms with Gasteiger partial charge in [0.15, 0.2) is 0 Å². The molecular weight excluding hydrogens is 424 g/mol. The maximum Gasteiger partial charge on any atom is 0.261 e. The van der Waals surface area contributed by atoms with E-state index in [0.29, 0.717) is 13.1 Å². The topological polar surface area (TPSA) is 92.8 Å². The van der Waals surface area contributed by atoms with Gasteiger partial charge in [0.05, 0.1) is 17.2 Å². The molecule has 0 aliphatic heterocycles. The molecule has 1 N–H and O–H groups in total. The fraction of sp³-hybridized carbons (Fsp3) is 0.429. The molecule has 0 fully saturated rings. The van der Waals surface area contributed by atoms with Crippen LogP contribution in [0, 0.1) is 0 Å². The molecule has 30 heavy (non-hydrogen) atoms. The van der Waals surface area contributed by atoms with Gasteiger partial charge in [0, 0.05) is 13.1 Å². The van der Waals surface area contributed by atoms with Crippen molar-refractivity contribution in [1.82, 2.24) is 4.31 Å². The Morgan fingerprint density at radius 3 is 2.03 bits per heavy atom. The monoisotopic (exact) mass is 454 g/mol. The summed E-state index contributed by atoms with van der Waals surface area (Å²) >= 11 is 0. The van der Waals surface area contributed by atoms with Crippen LogP contribution in [0.5, 0.6) is 5.75 Å². The van der Waals surface area contributed by atoms with Gasteiger partial charge in [-0.3, -0.25) is 4.72 Å². The maximum absolute atomic E-state index is 13.0. The molecule has 2 rings (SSSR count). The molecule has 0 radical (unpaired) electrons. The molecule has 2 aromatic rings. The summed E-state index contributed by atoms with van der Waals surface area (Å²) in [7, 11) is -7.71. The van der Waals surface area contributed by atoms with Gasteiger partial charge < -0.3 is 4.74 Å². The van der Waals surface area contributed by atoms with Gasteiger partial charge >= 0.3 is 0 Å². The Hall–Kier alpha value is -2.10. The third kappa shape index (κ3) is 5.33. The number of rotatable bonds is 10. The fourth-order valence-corrected chi connectivity index (χ4v) is 5.66. The summed E-state index contributed by atoms with van der Waals surface area (Å²) in [5.74, 6) is 0.474. The Kier molecular flexibility index (Phi) is 7.90. The van der Waals surface area contributed by atoms with E-state index in [-0.39, 0.29) is 33.8 Å². The Bertz CT molecular complexity index is 1060. The van der Waals surface area contributed by atoms with E-state index >= 15 is 0 Å². The van der Waals surface area contributed by atoms with Crippen LogP contribution in [-0.2, 0) is 20.0 Å². The number of sulfonamides is 2. The van der Waals surface area contributed by atoms with Crippen molar-refractivity contribution in [2.24, 2.45) is 0 Å². The summed E-state index contributed by atoms with van der Waals surface area (Å²) in [6, 6.07) is 10.9. The normalized spacial score (nSPS) is 12.4. The molecular formula is C21H30N2O5S2. The lowest BCUT2D eigenvalue weighted by atomic mass is 10.0. The van der Waals surface area contributed by atoms with Crippen LogP contribution in [0.3, 0.4) is 0 Å². The second-order valence-corrected chi connectivity index (χ2v) is 10.6. The standard InChI is InChI=1S/C21H30N2O5S2/c1-6-23(7-2)30(26,27)21-15-18(11-14-20(21)28-8-3)22-29(24,25)19-12-9-17(10-13-19)16(4)5/h9-16,22H,6-8H2,1-5H3. The van der Waals surface area contributed by atoms with E-state index in [0.717, 1.165) is 5.56 Å². The summed E-state index contributed by atoms with van der Waals surface area (Å²) in [5.41, 5.74) is 1.18. The molecule has 0 aromatic heterocycles. The van der Waals surface area contributed by atoms with E-state index < -0.39 is 20.0 Å². The molecule has 2 aromatic carbocycles. The van der Waals surface area contributed by atoms with Crippen molar-refractivity contribution in [1.29, 1.82) is 0 Å². The number of benzene rings is 2. The first-order valence-corrected chi connectivity index (χ1v) is 12.9. The van der Waals surface area contributed by atoms with Crippen LogP contribution in [0.25, 0.3) is 0 Å². The minimum Gasteiger partial charge on any atom is -0.492 e. The molecule has 0 spiro atoms. The van der Waals surface area contributed by atoms with Gasteiger partial charge in [-0.25, -0.2) is 16.8 Å². The summed E-state index contributed by atoms with van der Waals surface area (Å²) in [4.78, 5) is 0.0392. The zero-order valence-electron chi connectivity index (χ0n) is 18.0.